The van der Waals surface area contributed by atoms with Gasteiger partial charge in [0.1, 0.15) is 24.6 Å². The van der Waals surface area contributed by atoms with E-state index >= 15 is 0 Å². The van der Waals surface area contributed by atoms with Gasteiger partial charge in [-0.05, 0) is 36.1 Å². The summed E-state index contributed by atoms with van der Waals surface area (Å²) in [5, 5.41) is 10.8. The van der Waals surface area contributed by atoms with E-state index in [4.69, 9.17) is 9.72 Å². The molecule has 2 fully saturated rings. The van der Waals surface area contributed by atoms with Gasteiger partial charge in [-0.15, -0.1) is 0 Å². The molecule has 0 spiro atoms. The average molecular weight is 419 g/mol. The molecule has 9 nitrogen and oxygen atoms in total. The number of benzene rings is 1. The fourth-order valence-corrected chi connectivity index (χ4v) is 4.06. The van der Waals surface area contributed by atoms with E-state index in [9.17, 15) is 9.18 Å². The van der Waals surface area contributed by atoms with Gasteiger partial charge in [-0.25, -0.2) is 23.7 Å². The van der Waals surface area contributed by atoms with Gasteiger partial charge in [-0.2, -0.15) is 10.2 Å². The summed E-state index contributed by atoms with van der Waals surface area (Å²) in [5.74, 6) is 1.10. The molecule has 1 atom stereocenters. The molecule has 1 saturated carbocycles. The highest BCUT2D eigenvalue weighted by atomic mass is 19.1. The number of H-pyrrole nitrogens is 1. The van der Waals surface area contributed by atoms with Crippen LogP contribution in [0.2, 0.25) is 0 Å². The van der Waals surface area contributed by atoms with Crippen LogP contribution in [0, 0.1) is 11.7 Å². The number of aromatic nitrogens is 6. The maximum Gasteiger partial charge on any atom is 0.415 e. The Morgan fingerprint density at radius 1 is 1.23 bits per heavy atom. The monoisotopic (exact) mass is 419 g/mol. The summed E-state index contributed by atoms with van der Waals surface area (Å²) in [5.41, 5.74) is 2.15. The van der Waals surface area contributed by atoms with Crippen LogP contribution in [0.3, 0.4) is 0 Å². The molecule has 2 aliphatic rings. The number of carbonyl (C=O) groups is 1. The normalized spacial score (nSPS) is 18.7. The van der Waals surface area contributed by atoms with Crippen molar-refractivity contribution in [1.82, 2.24) is 29.8 Å². The van der Waals surface area contributed by atoms with E-state index in [2.05, 4.69) is 20.3 Å². The van der Waals surface area contributed by atoms with Crippen molar-refractivity contribution in [1.29, 1.82) is 0 Å². The molecule has 1 aromatic carbocycles. The molecule has 0 bridgehead atoms. The minimum atomic E-state index is -0.433. The van der Waals surface area contributed by atoms with Crippen molar-refractivity contribution in [3.63, 3.8) is 0 Å². The van der Waals surface area contributed by atoms with Crippen LogP contribution in [0.4, 0.5) is 15.0 Å². The van der Waals surface area contributed by atoms with Gasteiger partial charge in [-0.1, -0.05) is 18.9 Å². The predicted molar refractivity (Wildman–Crippen MR) is 109 cm³/mol. The quantitative estimate of drug-likeness (QED) is 0.532. The van der Waals surface area contributed by atoms with E-state index in [1.165, 1.54) is 25.2 Å². The third-order valence-electron chi connectivity index (χ3n) is 5.81. The molecule has 3 aromatic heterocycles. The second-order valence-electron chi connectivity index (χ2n) is 7.92. The van der Waals surface area contributed by atoms with Gasteiger partial charge < -0.3 is 4.74 Å². The molecule has 156 valence electrons. The molecule has 1 N–H and O–H groups in total. The van der Waals surface area contributed by atoms with E-state index in [1.807, 2.05) is 0 Å². The van der Waals surface area contributed by atoms with E-state index in [0.29, 0.717) is 46.5 Å². The molecule has 10 heteroatoms. The molecular weight excluding hydrogens is 401 g/mol. The highest BCUT2D eigenvalue weighted by molar-refractivity contribution is 5.90. The van der Waals surface area contributed by atoms with E-state index < -0.39 is 5.82 Å². The Labute approximate surface area is 175 Å². The van der Waals surface area contributed by atoms with Gasteiger partial charge in [0.25, 0.3) is 0 Å². The number of nitrogens with zero attached hydrogens (tertiary/aromatic N) is 6. The van der Waals surface area contributed by atoms with Crippen LogP contribution in [-0.4, -0.2) is 48.5 Å². The summed E-state index contributed by atoms with van der Waals surface area (Å²) >= 11 is 0. The van der Waals surface area contributed by atoms with Gasteiger partial charge >= 0.3 is 6.09 Å². The molecule has 4 aromatic rings. The molecular formula is C21H18FN7O2. The van der Waals surface area contributed by atoms with E-state index in [0.717, 1.165) is 6.42 Å². The van der Waals surface area contributed by atoms with Crippen LogP contribution in [0.1, 0.15) is 19.3 Å². The molecule has 1 unspecified atom stereocenters. The lowest BCUT2D eigenvalue weighted by Crippen LogP contribution is -2.34. The Balaban J connectivity index is 1.38. The summed E-state index contributed by atoms with van der Waals surface area (Å²) in [4.78, 5) is 22.7. The maximum absolute atomic E-state index is 14.8. The van der Waals surface area contributed by atoms with Gasteiger partial charge in [0, 0.05) is 11.8 Å². The second-order valence-corrected chi connectivity index (χ2v) is 7.92. The summed E-state index contributed by atoms with van der Waals surface area (Å²) in [6.07, 6.45) is 7.66. The molecule has 6 rings (SSSR count). The number of fused-ring (bicyclic) bond motifs is 1. The summed E-state index contributed by atoms with van der Waals surface area (Å²) < 4.78 is 21.7. The van der Waals surface area contributed by atoms with Crippen LogP contribution in [0.5, 0.6) is 0 Å². The van der Waals surface area contributed by atoms with Gasteiger partial charge in [0.2, 0.25) is 0 Å². The van der Waals surface area contributed by atoms with Gasteiger partial charge in [-0.3, -0.25) is 10.00 Å². The first-order valence-electron chi connectivity index (χ1n) is 10.1. The Bertz CT molecular complexity index is 1280. The number of hydrogen-bond acceptors (Lipinski definition) is 6. The van der Waals surface area contributed by atoms with E-state index in [-0.39, 0.29) is 12.1 Å². The van der Waals surface area contributed by atoms with Crippen molar-refractivity contribution in [3.05, 3.63) is 48.8 Å². The van der Waals surface area contributed by atoms with Crippen LogP contribution < -0.4 is 4.90 Å². The largest absolute Gasteiger partial charge is 0.447 e. The molecule has 31 heavy (non-hydrogen) atoms. The highest BCUT2D eigenvalue weighted by Gasteiger charge is 2.39. The van der Waals surface area contributed by atoms with Gasteiger partial charge in [0.15, 0.2) is 11.5 Å². The molecule has 1 saturated heterocycles. The Hall–Kier alpha value is -3.82. The number of aromatic amines is 1. The van der Waals surface area contributed by atoms with Crippen molar-refractivity contribution in [2.45, 2.75) is 25.3 Å². The summed E-state index contributed by atoms with van der Waals surface area (Å²) in [7, 11) is 0. The molecule has 0 radical (unpaired) electrons. The number of cyclic esters (lactones) is 1. The second kappa shape index (κ2) is 6.86. The first-order chi connectivity index (χ1) is 15.2. The summed E-state index contributed by atoms with van der Waals surface area (Å²) in [6, 6.07) is 6.58. The molecule has 4 heterocycles. The van der Waals surface area contributed by atoms with Crippen LogP contribution in [-0.2, 0) is 4.74 Å². The Morgan fingerprint density at radius 2 is 2.13 bits per heavy atom. The van der Waals surface area contributed by atoms with Crippen molar-refractivity contribution in [2.75, 3.05) is 11.5 Å². The number of rotatable bonds is 5. The fraction of sp³-hybridized carbons (Fsp3) is 0.286. The lowest BCUT2D eigenvalue weighted by atomic mass is 10.1. The molecule has 1 aliphatic heterocycles. The number of ether oxygens (including phenoxy) is 1. The first-order valence-corrected chi connectivity index (χ1v) is 10.1. The van der Waals surface area contributed by atoms with Crippen molar-refractivity contribution in [3.8, 4) is 22.5 Å². The minimum Gasteiger partial charge on any atom is -0.447 e. The first kappa shape index (κ1) is 18.0. The van der Waals surface area contributed by atoms with Crippen LogP contribution >= 0.6 is 0 Å². The number of amides is 1. The zero-order valence-electron chi connectivity index (χ0n) is 16.4. The van der Waals surface area contributed by atoms with Crippen molar-refractivity contribution in [2.24, 2.45) is 5.92 Å². The predicted octanol–water partition coefficient (Wildman–Crippen LogP) is 3.45. The smallest absolute Gasteiger partial charge is 0.415 e. The van der Waals surface area contributed by atoms with Crippen LogP contribution in [0.15, 0.2) is 43.0 Å². The highest BCUT2D eigenvalue weighted by Crippen LogP contribution is 2.37. The number of hydrogen-bond donors (Lipinski definition) is 1. The third kappa shape index (κ3) is 3.11. The lowest BCUT2D eigenvalue weighted by molar-refractivity contribution is 0.178. The minimum absolute atomic E-state index is 0.0139. The number of anilines is 1. The topological polar surface area (TPSA) is 101 Å². The number of halogens is 1. The average Bonchev–Trinajstić information content (AvgIpc) is 3.15. The standard InChI is InChI=1S/C21H18FN7O2/c22-17-8-13(3-4-15(17)19-23-11-24-27-19)16-9-25-28-6-5-18(26-20(16)28)29-14(7-12-1-2-12)10-31-21(29)30/h3-6,8-9,11-12,14H,1-2,7,10H2,(H,23,24,27). The Morgan fingerprint density at radius 3 is 2.90 bits per heavy atom. The fourth-order valence-electron chi connectivity index (χ4n) is 4.06. The number of carbonyl (C=O) groups excluding carboxylic acids is 1. The third-order valence-corrected chi connectivity index (χ3v) is 5.81. The van der Waals surface area contributed by atoms with Crippen molar-refractivity contribution < 1.29 is 13.9 Å². The Kier molecular flexibility index (Phi) is 3.98. The molecule has 1 amide bonds. The SMILES string of the molecule is O=C1OCC(CC2CC2)N1c1ccn2ncc(-c3ccc(-c4ncn[nH]4)c(F)c3)c2n1. The van der Waals surface area contributed by atoms with Gasteiger partial charge in [0.05, 0.1) is 17.8 Å². The number of nitrogens with one attached hydrogen (secondary N) is 1. The zero-order chi connectivity index (χ0) is 20.9. The molecule has 1 aliphatic carbocycles. The van der Waals surface area contributed by atoms with E-state index in [1.54, 1.807) is 40.0 Å². The lowest BCUT2D eigenvalue weighted by Gasteiger charge is -2.20. The zero-order valence-corrected chi connectivity index (χ0v) is 16.4. The summed E-state index contributed by atoms with van der Waals surface area (Å²) in [6.45, 7) is 0.378. The maximum atomic E-state index is 14.8. The van der Waals surface area contributed by atoms with Crippen LogP contribution in [0.25, 0.3) is 28.2 Å². The van der Waals surface area contributed by atoms with Crippen molar-refractivity contribution >= 4 is 17.6 Å².